The third kappa shape index (κ3) is 28.6. The molecule has 12 nitrogen and oxygen atoms in total. The largest absolute Gasteiger partial charge is 0.462 e. The zero-order valence-corrected chi connectivity index (χ0v) is 45.7. The molecule has 0 spiro atoms. The number of benzene rings is 3. The summed E-state index contributed by atoms with van der Waals surface area (Å²) in [5.41, 5.74) is 12.3. The molecular weight excluding hydrogens is 931 g/mol. The van der Waals surface area contributed by atoms with E-state index in [0.717, 1.165) is 55.2 Å². The molecule has 412 valence electrons. The van der Waals surface area contributed by atoms with Crippen LogP contribution in [0.5, 0.6) is 0 Å². The number of ether oxygens (including phenoxy) is 7. The lowest BCUT2D eigenvalue weighted by Gasteiger charge is -2.46. The standard InChI is InChI=1S/C62H95N3O9/c1-3-5-7-9-11-13-15-17-19-21-23-25-36-44-57(66)68-50-55(73-58(67)45-37-26-24-22-20-18-16-14-12-10-8-6-4-2)51-72-62-61(71-49-54-42-34-29-35-43-54)60(70-48-53-40-32-28-33-41-53)59(56(74-62)46-64-65-63)69-47-52-38-30-27-31-39-52/h27-35,38-43,55-56,59-62H,3-26,36-37,44-51H2,1-2H3/t55-,56-,59-,60+,61-,62+/m1/s1. The maximum Gasteiger partial charge on any atom is 0.306 e. The minimum absolute atomic E-state index is 0.0687. The van der Waals surface area contributed by atoms with E-state index in [0.29, 0.717) is 6.42 Å². The number of rotatable bonds is 45. The maximum absolute atomic E-state index is 13.5. The molecule has 3 aromatic rings. The fourth-order valence-electron chi connectivity index (χ4n) is 9.54. The van der Waals surface area contributed by atoms with Crippen molar-refractivity contribution in [3.05, 3.63) is 118 Å². The van der Waals surface area contributed by atoms with Crippen LogP contribution in [0.25, 0.3) is 10.4 Å². The molecule has 0 amide bonds. The molecule has 0 saturated carbocycles. The zero-order chi connectivity index (χ0) is 52.4. The monoisotopic (exact) mass is 1030 g/mol. The van der Waals surface area contributed by atoms with Crippen LogP contribution in [0.1, 0.15) is 210 Å². The Kier molecular flexibility index (Phi) is 35.2. The Labute approximate surface area is 446 Å². The van der Waals surface area contributed by atoms with Gasteiger partial charge in [0, 0.05) is 17.8 Å². The summed E-state index contributed by atoms with van der Waals surface area (Å²) in [6.45, 7) is 4.82. The van der Waals surface area contributed by atoms with E-state index in [4.69, 9.17) is 33.2 Å². The highest BCUT2D eigenvalue weighted by atomic mass is 16.7. The van der Waals surface area contributed by atoms with Crippen LogP contribution in [-0.2, 0) is 62.6 Å². The second kappa shape index (κ2) is 41.9. The van der Waals surface area contributed by atoms with E-state index >= 15 is 0 Å². The van der Waals surface area contributed by atoms with Crippen LogP contribution >= 0.6 is 0 Å². The number of esters is 2. The summed E-state index contributed by atoms with van der Waals surface area (Å²) in [6, 6.07) is 29.5. The molecule has 3 aromatic carbocycles. The molecule has 1 fully saturated rings. The summed E-state index contributed by atoms with van der Waals surface area (Å²) >= 11 is 0. The summed E-state index contributed by atoms with van der Waals surface area (Å²) in [5.74, 6) is -0.693. The Morgan fingerprint density at radius 1 is 0.486 bits per heavy atom. The van der Waals surface area contributed by atoms with Gasteiger partial charge in [0.1, 0.15) is 24.9 Å². The zero-order valence-electron chi connectivity index (χ0n) is 45.7. The topological polar surface area (TPSA) is 148 Å². The predicted octanol–water partition coefficient (Wildman–Crippen LogP) is 16.2. The van der Waals surface area contributed by atoms with Gasteiger partial charge in [-0.15, -0.1) is 0 Å². The quantitative estimate of drug-likeness (QED) is 0.0177. The van der Waals surface area contributed by atoms with Gasteiger partial charge in [0.25, 0.3) is 0 Å². The highest BCUT2D eigenvalue weighted by Gasteiger charge is 2.49. The van der Waals surface area contributed by atoms with Crippen molar-refractivity contribution in [1.29, 1.82) is 0 Å². The Morgan fingerprint density at radius 3 is 1.28 bits per heavy atom. The summed E-state index contributed by atoms with van der Waals surface area (Å²) < 4.78 is 45.3. The van der Waals surface area contributed by atoms with E-state index in [1.165, 1.54) is 128 Å². The third-order valence-corrected chi connectivity index (χ3v) is 13.9. The molecule has 1 aliphatic heterocycles. The van der Waals surface area contributed by atoms with Gasteiger partial charge in [-0.2, -0.15) is 0 Å². The summed E-state index contributed by atoms with van der Waals surface area (Å²) in [6.07, 6.45) is 27.0. The average molecular weight is 1030 g/mol. The number of nitrogens with zero attached hydrogens (tertiary/aromatic N) is 3. The maximum atomic E-state index is 13.5. The molecular formula is C62H95N3O9. The lowest BCUT2D eigenvalue weighted by atomic mass is 9.97. The minimum Gasteiger partial charge on any atom is -0.462 e. The van der Waals surface area contributed by atoms with Crippen molar-refractivity contribution in [3.8, 4) is 0 Å². The van der Waals surface area contributed by atoms with Crippen molar-refractivity contribution in [3.63, 3.8) is 0 Å². The molecule has 1 heterocycles. The first-order chi connectivity index (χ1) is 36.5. The van der Waals surface area contributed by atoms with E-state index in [1.54, 1.807) is 0 Å². The van der Waals surface area contributed by atoms with Crippen LogP contribution in [0.3, 0.4) is 0 Å². The molecule has 0 N–H and O–H groups in total. The van der Waals surface area contributed by atoms with Gasteiger partial charge in [0.2, 0.25) is 0 Å². The Balaban J connectivity index is 1.41. The normalized spacial score (nSPS) is 17.9. The van der Waals surface area contributed by atoms with E-state index in [-0.39, 0.29) is 57.9 Å². The number of carbonyl (C=O) groups excluding carboxylic acids is 2. The van der Waals surface area contributed by atoms with Crippen molar-refractivity contribution < 1.29 is 42.7 Å². The molecule has 0 aromatic heterocycles. The average Bonchev–Trinajstić information content (AvgIpc) is 3.42. The molecule has 1 aliphatic rings. The van der Waals surface area contributed by atoms with Gasteiger partial charge in [0.05, 0.1) is 39.1 Å². The van der Waals surface area contributed by atoms with Gasteiger partial charge in [-0.3, -0.25) is 9.59 Å². The summed E-state index contributed by atoms with van der Waals surface area (Å²) in [7, 11) is 0. The number of unbranched alkanes of at least 4 members (excludes halogenated alkanes) is 24. The Morgan fingerprint density at radius 2 is 0.865 bits per heavy atom. The Bertz CT molecular complexity index is 1870. The predicted molar refractivity (Wildman–Crippen MR) is 295 cm³/mol. The molecule has 12 heteroatoms. The number of hydrogen-bond acceptors (Lipinski definition) is 10. The van der Waals surface area contributed by atoms with Gasteiger partial charge in [-0.1, -0.05) is 264 Å². The van der Waals surface area contributed by atoms with Crippen LogP contribution in [0.2, 0.25) is 0 Å². The highest BCUT2D eigenvalue weighted by Crippen LogP contribution is 2.32. The van der Waals surface area contributed by atoms with Crippen LogP contribution in [-0.4, -0.2) is 68.5 Å². The van der Waals surface area contributed by atoms with Crippen molar-refractivity contribution in [2.24, 2.45) is 5.11 Å². The van der Waals surface area contributed by atoms with Gasteiger partial charge < -0.3 is 33.2 Å². The molecule has 0 unspecified atom stereocenters. The molecule has 1 saturated heterocycles. The van der Waals surface area contributed by atoms with Crippen molar-refractivity contribution in [1.82, 2.24) is 0 Å². The fraction of sp³-hybridized carbons (Fsp3) is 0.677. The van der Waals surface area contributed by atoms with Gasteiger partial charge >= 0.3 is 11.9 Å². The van der Waals surface area contributed by atoms with Crippen molar-refractivity contribution in [2.75, 3.05) is 19.8 Å². The van der Waals surface area contributed by atoms with E-state index in [1.807, 2.05) is 91.0 Å². The lowest BCUT2D eigenvalue weighted by Crippen LogP contribution is -2.61. The second-order valence-electron chi connectivity index (χ2n) is 20.4. The van der Waals surface area contributed by atoms with E-state index in [9.17, 15) is 15.1 Å². The molecule has 6 atom stereocenters. The van der Waals surface area contributed by atoms with Crippen molar-refractivity contribution in [2.45, 2.75) is 250 Å². The van der Waals surface area contributed by atoms with Crippen molar-refractivity contribution >= 4 is 11.9 Å². The fourth-order valence-corrected chi connectivity index (χ4v) is 9.54. The van der Waals surface area contributed by atoms with Gasteiger partial charge in [-0.25, -0.2) is 0 Å². The van der Waals surface area contributed by atoms with Gasteiger partial charge in [-0.05, 0) is 35.1 Å². The number of carbonyl (C=O) groups is 2. The van der Waals surface area contributed by atoms with Gasteiger partial charge in [0.15, 0.2) is 12.4 Å². The Hall–Kier alpha value is -4.29. The molecule has 0 radical (unpaired) electrons. The third-order valence-electron chi connectivity index (χ3n) is 13.9. The molecule has 0 aliphatic carbocycles. The summed E-state index contributed by atoms with van der Waals surface area (Å²) in [4.78, 5) is 29.7. The van der Waals surface area contributed by atoms with Crippen LogP contribution in [0.4, 0.5) is 0 Å². The van der Waals surface area contributed by atoms with E-state index in [2.05, 4.69) is 23.9 Å². The molecule has 74 heavy (non-hydrogen) atoms. The SMILES string of the molecule is CCCCCCCCCCCCCCCC(=O)OC[C@H](CO[C@H]1O[C@H](CN=[N+]=[N-])[C@@H](OCc2ccccc2)[C@H](OCc2ccccc2)[C@H]1OCc1ccccc1)OC(=O)CCCCCCCCCCCCCCC. The van der Waals surface area contributed by atoms with Crippen LogP contribution in [0, 0.1) is 0 Å². The first kappa shape index (κ1) is 62.3. The molecule has 4 rings (SSSR count). The van der Waals surface area contributed by atoms with Crippen LogP contribution in [0.15, 0.2) is 96.1 Å². The number of azide groups is 1. The smallest absolute Gasteiger partial charge is 0.306 e. The molecule has 0 bridgehead atoms. The first-order valence-corrected chi connectivity index (χ1v) is 29.1. The second-order valence-corrected chi connectivity index (χ2v) is 20.4. The first-order valence-electron chi connectivity index (χ1n) is 29.1. The minimum atomic E-state index is -1.08. The van der Waals surface area contributed by atoms with Crippen LogP contribution < -0.4 is 0 Å². The van der Waals surface area contributed by atoms with E-state index < -0.39 is 36.8 Å². The summed E-state index contributed by atoms with van der Waals surface area (Å²) in [5, 5.41) is 3.93. The number of hydrogen-bond donors (Lipinski definition) is 0. The highest BCUT2D eigenvalue weighted by molar-refractivity contribution is 5.70. The lowest BCUT2D eigenvalue weighted by molar-refractivity contribution is -0.324.